The number of nitrogens with zero attached hydrogens (tertiary/aromatic N) is 3. The molecular weight excluding hydrogens is 510 g/mol. The molecule has 1 atom stereocenters. The van der Waals surface area contributed by atoms with Gasteiger partial charge in [0, 0.05) is 0 Å². The lowest BCUT2D eigenvalue weighted by molar-refractivity contribution is -0.136. The molecule has 0 aliphatic carbocycles. The Morgan fingerprint density at radius 1 is 0.700 bits per heavy atom. The summed E-state index contributed by atoms with van der Waals surface area (Å²) in [7, 11) is 0. The third-order valence-electron chi connectivity index (χ3n) is 6.19. The molecule has 202 valence electrons. The number of rotatable bonds is 7. The molecule has 0 aromatic heterocycles. The highest BCUT2D eigenvalue weighted by Gasteiger charge is 2.47. The Morgan fingerprint density at radius 2 is 1.27 bits per heavy atom. The Balaban J connectivity index is 1.51. The number of carbonyl (C=O) groups excluding carboxylic acids is 3. The molecule has 0 saturated heterocycles. The van der Waals surface area contributed by atoms with E-state index in [1.54, 1.807) is 25.1 Å². The maximum atomic E-state index is 13.6. The van der Waals surface area contributed by atoms with Crippen LogP contribution in [0, 0.1) is 0 Å². The standard InChI is InChI=1S/C31H27N3O6/c1-2-38-29(35)28-32-27(26-18-17-24-15-9-10-16-25(24)19-26)33(30(36)39-20-22-11-5-3-6-12-22)34(28)31(37)40-21-23-13-7-4-8-14-23/h3-19,27H,2,20-21H2,1H3. The van der Waals surface area contributed by atoms with Gasteiger partial charge >= 0.3 is 18.2 Å². The molecule has 2 amide bonds. The van der Waals surface area contributed by atoms with Crippen LogP contribution in [0.5, 0.6) is 0 Å². The lowest BCUT2D eigenvalue weighted by Gasteiger charge is -2.30. The Morgan fingerprint density at radius 3 is 1.90 bits per heavy atom. The second-order valence-electron chi connectivity index (χ2n) is 8.89. The van der Waals surface area contributed by atoms with E-state index in [9.17, 15) is 14.4 Å². The van der Waals surface area contributed by atoms with E-state index in [4.69, 9.17) is 14.2 Å². The molecule has 9 nitrogen and oxygen atoms in total. The van der Waals surface area contributed by atoms with Crippen LogP contribution in [0.4, 0.5) is 9.59 Å². The van der Waals surface area contributed by atoms with E-state index in [1.165, 1.54) is 0 Å². The number of hydrazine groups is 1. The van der Waals surface area contributed by atoms with Crippen LogP contribution in [-0.2, 0) is 32.2 Å². The largest absolute Gasteiger partial charge is 0.460 e. The second kappa shape index (κ2) is 12.1. The number of amides is 2. The molecule has 1 unspecified atom stereocenters. The van der Waals surface area contributed by atoms with Gasteiger partial charge in [0.1, 0.15) is 13.2 Å². The number of ether oxygens (including phenoxy) is 3. The molecule has 0 saturated carbocycles. The minimum absolute atomic E-state index is 0.0455. The van der Waals surface area contributed by atoms with Crippen molar-refractivity contribution >= 4 is 34.8 Å². The van der Waals surface area contributed by atoms with Crippen molar-refractivity contribution in [1.29, 1.82) is 0 Å². The summed E-state index contributed by atoms with van der Waals surface area (Å²) in [5, 5.41) is 3.67. The first-order chi connectivity index (χ1) is 19.5. The van der Waals surface area contributed by atoms with E-state index in [0.717, 1.165) is 31.9 Å². The first-order valence-corrected chi connectivity index (χ1v) is 12.8. The Labute approximate surface area is 231 Å². The molecule has 1 heterocycles. The second-order valence-corrected chi connectivity index (χ2v) is 8.89. The SMILES string of the molecule is CCOC(=O)C1=NC(c2ccc3ccccc3c2)N(C(=O)OCc2ccccc2)N1C(=O)OCc1ccccc1. The molecule has 1 aliphatic rings. The van der Waals surface area contributed by atoms with Crippen LogP contribution in [0.3, 0.4) is 0 Å². The summed E-state index contributed by atoms with van der Waals surface area (Å²) in [5.74, 6) is -1.25. The van der Waals surface area contributed by atoms with Crippen LogP contribution in [0.15, 0.2) is 108 Å². The number of hydrogen-bond acceptors (Lipinski definition) is 7. The van der Waals surface area contributed by atoms with Crippen LogP contribution in [0.25, 0.3) is 10.8 Å². The van der Waals surface area contributed by atoms with Crippen LogP contribution in [-0.4, -0.2) is 40.6 Å². The predicted octanol–water partition coefficient (Wildman–Crippen LogP) is 6.01. The van der Waals surface area contributed by atoms with Gasteiger partial charge in [-0.05, 0) is 40.5 Å². The fourth-order valence-corrected chi connectivity index (χ4v) is 4.28. The first kappa shape index (κ1) is 26.4. The Hall–Kier alpha value is -5.18. The summed E-state index contributed by atoms with van der Waals surface area (Å²) in [6, 6.07) is 31.4. The van der Waals surface area contributed by atoms with Gasteiger partial charge in [0.15, 0.2) is 6.17 Å². The highest BCUT2D eigenvalue weighted by molar-refractivity contribution is 6.38. The van der Waals surface area contributed by atoms with Gasteiger partial charge in [0.05, 0.1) is 6.61 Å². The summed E-state index contributed by atoms with van der Waals surface area (Å²) in [6.07, 6.45) is -2.95. The Bertz CT molecular complexity index is 1540. The average molecular weight is 538 g/mol. The molecule has 4 aromatic carbocycles. The number of carbonyl (C=O) groups is 3. The van der Waals surface area contributed by atoms with Crippen molar-refractivity contribution < 1.29 is 28.6 Å². The Kier molecular flexibility index (Phi) is 8.01. The fraction of sp³-hybridized carbons (Fsp3) is 0.161. The monoisotopic (exact) mass is 537 g/mol. The van der Waals surface area contributed by atoms with Crippen molar-refractivity contribution in [2.75, 3.05) is 6.61 Å². The van der Waals surface area contributed by atoms with E-state index in [2.05, 4.69) is 4.99 Å². The number of hydrogen-bond donors (Lipinski definition) is 0. The van der Waals surface area contributed by atoms with Crippen LogP contribution in [0.2, 0.25) is 0 Å². The third kappa shape index (κ3) is 5.78. The summed E-state index contributed by atoms with van der Waals surface area (Å²) < 4.78 is 16.3. The van der Waals surface area contributed by atoms with Gasteiger partial charge < -0.3 is 14.2 Å². The molecule has 5 rings (SSSR count). The first-order valence-electron chi connectivity index (χ1n) is 12.8. The molecule has 0 bridgehead atoms. The maximum Gasteiger partial charge on any atom is 0.435 e. The van der Waals surface area contributed by atoms with Crippen LogP contribution in [0.1, 0.15) is 29.8 Å². The van der Waals surface area contributed by atoms with E-state index in [1.807, 2.05) is 84.9 Å². The van der Waals surface area contributed by atoms with Crippen molar-refractivity contribution in [3.8, 4) is 0 Å². The van der Waals surface area contributed by atoms with Crippen molar-refractivity contribution in [1.82, 2.24) is 10.0 Å². The summed E-state index contributed by atoms with van der Waals surface area (Å²) in [5.41, 5.74) is 2.05. The normalized spacial score (nSPS) is 14.5. The predicted molar refractivity (Wildman–Crippen MR) is 148 cm³/mol. The summed E-state index contributed by atoms with van der Waals surface area (Å²) in [6.45, 7) is 1.55. The van der Waals surface area contributed by atoms with E-state index < -0.39 is 24.3 Å². The average Bonchev–Trinajstić information content (AvgIpc) is 3.41. The number of fused-ring (bicyclic) bond motifs is 1. The topological polar surface area (TPSA) is 97.7 Å². The highest BCUT2D eigenvalue weighted by atomic mass is 16.6. The van der Waals surface area contributed by atoms with Crippen LogP contribution < -0.4 is 0 Å². The molecule has 9 heteroatoms. The molecule has 40 heavy (non-hydrogen) atoms. The minimum atomic E-state index is -1.09. The van der Waals surface area contributed by atoms with Crippen LogP contribution >= 0.6 is 0 Å². The third-order valence-corrected chi connectivity index (χ3v) is 6.19. The van der Waals surface area contributed by atoms with E-state index in [-0.39, 0.29) is 25.7 Å². The van der Waals surface area contributed by atoms with Gasteiger partial charge in [0.2, 0.25) is 5.84 Å². The smallest absolute Gasteiger partial charge is 0.435 e. The van der Waals surface area contributed by atoms with Gasteiger partial charge in [0.25, 0.3) is 0 Å². The zero-order valence-electron chi connectivity index (χ0n) is 21.8. The zero-order chi connectivity index (χ0) is 27.9. The molecule has 4 aromatic rings. The lowest BCUT2D eigenvalue weighted by Crippen LogP contribution is -2.51. The van der Waals surface area contributed by atoms with E-state index in [0.29, 0.717) is 5.56 Å². The molecule has 0 spiro atoms. The fourth-order valence-electron chi connectivity index (χ4n) is 4.28. The highest BCUT2D eigenvalue weighted by Crippen LogP contribution is 2.34. The summed E-state index contributed by atoms with van der Waals surface area (Å²) >= 11 is 0. The molecule has 0 N–H and O–H groups in total. The molecule has 1 aliphatic heterocycles. The number of amidine groups is 1. The van der Waals surface area contributed by atoms with Crippen molar-refractivity contribution in [3.05, 3.63) is 120 Å². The van der Waals surface area contributed by atoms with E-state index >= 15 is 0 Å². The summed E-state index contributed by atoms with van der Waals surface area (Å²) in [4.78, 5) is 44.6. The molecule has 0 radical (unpaired) electrons. The quantitative estimate of drug-likeness (QED) is 0.212. The van der Waals surface area contributed by atoms with Gasteiger partial charge in [-0.3, -0.25) is 0 Å². The molecule has 0 fully saturated rings. The van der Waals surface area contributed by atoms with Gasteiger partial charge in [-0.15, -0.1) is 0 Å². The van der Waals surface area contributed by atoms with Gasteiger partial charge in [-0.2, -0.15) is 10.0 Å². The number of benzene rings is 4. The maximum absolute atomic E-state index is 13.6. The minimum Gasteiger partial charge on any atom is -0.460 e. The van der Waals surface area contributed by atoms with Crippen molar-refractivity contribution in [2.24, 2.45) is 4.99 Å². The number of aliphatic imine (C=N–C) groups is 1. The zero-order valence-corrected chi connectivity index (χ0v) is 21.8. The lowest BCUT2D eigenvalue weighted by atomic mass is 10.1. The van der Waals surface area contributed by atoms with Crippen molar-refractivity contribution in [3.63, 3.8) is 0 Å². The van der Waals surface area contributed by atoms with Crippen molar-refractivity contribution in [2.45, 2.75) is 26.3 Å². The van der Waals surface area contributed by atoms with Gasteiger partial charge in [-0.25, -0.2) is 19.4 Å². The molecular formula is C31H27N3O6. The number of esters is 1. The van der Waals surface area contributed by atoms with Gasteiger partial charge in [-0.1, -0.05) is 97.1 Å².